The molecule has 1 heterocycles. The first-order valence-corrected chi connectivity index (χ1v) is 7.60. The number of nitriles is 1. The van der Waals surface area contributed by atoms with Crippen LogP contribution in [-0.4, -0.2) is 21.9 Å². The molecule has 0 spiro atoms. The molecule has 1 fully saturated rings. The van der Waals surface area contributed by atoms with E-state index in [2.05, 4.69) is 12.1 Å². The van der Waals surface area contributed by atoms with Gasteiger partial charge in [0.05, 0.1) is 17.3 Å². The van der Waals surface area contributed by atoms with Crippen LogP contribution in [0.2, 0.25) is 0 Å². The molecule has 112 valence electrons. The van der Waals surface area contributed by atoms with Crippen LogP contribution in [0.15, 0.2) is 24.3 Å². The largest absolute Gasteiger partial charge is 0.385 e. The van der Waals surface area contributed by atoms with Crippen molar-refractivity contribution >= 4 is 0 Å². The second-order valence-electron chi connectivity index (χ2n) is 7.58. The van der Waals surface area contributed by atoms with E-state index in [-0.39, 0.29) is 0 Å². The Bertz CT molecular complexity index is 628. The highest BCUT2D eigenvalue weighted by Crippen LogP contribution is 2.58. The summed E-state index contributed by atoms with van der Waals surface area (Å²) in [6.45, 7) is 7.78. The van der Waals surface area contributed by atoms with Crippen LogP contribution in [0.25, 0.3) is 0 Å². The van der Waals surface area contributed by atoms with E-state index in [0.29, 0.717) is 12.8 Å². The third-order valence-corrected chi connectivity index (χ3v) is 5.35. The van der Waals surface area contributed by atoms with Gasteiger partial charge in [-0.05, 0) is 51.7 Å². The summed E-state index contributed by atoms with van der Waals surface area (Å²) in [4.78, 5) is 0. The van der Waals surface area contributed by atoms with Gasteiger partial charge in [0.15, 0.2) is 0 Å². The normalized spacial score (nSPS) is 36.2. The smallest absolute Gasteiger partial charge is 0.118 e. The quantitative estimate of drug-likeness (QED) is 0.862. The van der Waals surface area contributed by atoms with Crippen LogP contribution in [-0.2, 0) is 16.6 Å². The lowest BCUT2D eigenvalue weighted by molar-refractivity contribution is -0.147. The number of aryl methyl sites for hydroxylation is 1. The zero-order valence-electron chi connectivity index (χ0n) is 13.2. The van der Waals surface area contributed by atoms with Crippen LogP contribution in [0, 0.1) is 11.3 Å². The van der Waals surface area contributed by atoms with Gasteiger partial charge in [-0.3, -0.25) is 0 Å². The molecule has 1 aliphatic heterocycles. The van der Waals surface area contributed by atoms with Crippen LogP contribution in [0.5, 0.6) is 0 Å². The molecule has 2 atom stereocenters. The van der Waals surface area contributed by atoms with Gasteiger partial charge >= 0.3 is 0 Å². The van der Waals surface area contributed by atoms with E-state index in [0.717, 1.165) is 12.0 Å². The van der Waals surface area contributed by atoms with Crippen LogP contribution in [0.4, 0.5) is 0 Å². The Hall–Kier alpha value is -1.37. The van der Waals surface area contributed by atoms with E-state index >= 15 is 0 Å². The van der Waals surface area contributed by atoms with Crippen LogP contribution >= 0.6 is 0 Å². The Morgan fingerprint density at radius 1 is 1.19 bits per heavy atom. The predicted molar refractivity (Wildman–Crippen MR) is 80.9 cm³/mol. The molecule has 1 N–H and O–H groups in total. The van der Waals surface area contributed by atoms with Gasteiger partial charge in [-0.25, -0.2) is 0 Å². The zero-order valence-corrected chi connectivity index (χ0v) is 13.2. The highest BCUT2D eigenvalue weighted by Gasteiger charge is 2.68. The molecule has 1 aromatic carbocycles. The average Bonchev–Trinajstić information content (AvgIpc) is 2.83. The number of fused-ring (bicyclic) bond motifs is 1. The summed E-state index contributed by atoms with van der Waals surface area (Å²) >= 11 is 0. The maximum atomic E-state index is 11.6. The Morgan fingerprint density at radius 3 is 2.43 bits per heavy atom. The second kappa shape index (κ2) is 4.09. The van der Waals surface area contributed by atoms with Gasteiger partial charge in [0.2, 0.25) is 0 Å². The van der Waals surface area contributed by atoms with E-state index in [1.54, 1.807) is 0 Å². The summed E-state index contributed by atoms with van der Waals surface area (Å²) in [6.07, 6.45) is 1.96. The molecule has 3 heteroatoms. The molecule has 0 amide bonds. The standard InChI is InChI=1S/C18H23NO2/c1-15(2)11-18(20,16(3,4)21-15)17(12-19)10-9-13-7-5-6-8-14(13)17/h5-8,20H,9-11H2,1-4H3. The molecule has 0 radical (unpaired) electrons. The van der Waals surface area contributed by atoms with E-state index in [4.69, 9.17) is 4.74 Å². The number of aliphatic hydroxyl groups is 1. The number of benzene rings is 1. The molecular formula is C18H23NO2. The maximum Gasteiger partial charge on any atom is 0.118 e. The van der Waals surface area contributed by atoms with Crippen molar-refractivity contribution in [3.63, 3.8) is 0 Å². The fourth-order valence-corrected chi connectivity index (χ4v) is 4.55. The molecule has 0 bridgehead atoms. The lowest BCUT2D eigenvalue weighted by Crippen LogP contribution is -2.60. The van der Waals surface area contributed by atoms with Crippen molar-refractivity contribution in [3.05, 3.63) is 35.4 Å². The van der Waals surface area contributed by atoms with E-state index in [1.165, 1.54) is 5.56 Å². The molecule has 2 unspecified atom stereocenters. The van der Waals surface area contributed by atoms with E-state index in [9.17, 15) is 10.4 Å². The molecule has 0 aromatic heterocycles. The minimum Gasteiger partial charge on any atom is -0.385 e. The molecule has 0 saturated carbocycles. The van der Waals surface area contributed by atoms with E-state index in [1.807, 2.05) is 45.9 Å². The first kappa shape index (κ1) is 14.6. The summed E-state index contributed by atoms with van der Waals surface area (Å²) < 4.78 is 6.10. The molecule has 1 saturated heterocycles. The first-order chi connectivity index (χ1) is 9.68. The fourth-order valence-electron chi connectivity index (χ4n) is 4.55. The van der Waals surface area contributed by atoms with E-state index < -0.39 is 22.2 Å². The van der Waals surface area contributed by atoms with Gasteiger partial charge in [0.25, 0.3) is 0 Å². The van der Waals surface area contributed by atoms with Crippen molar-refractivity contribution in [3.8, 4) is 6.07 Å². The van der Waals surface area contributed by atoms with Crippen molar-refractivity contribution in [2.75, 3.05) is 0 Å². The molecule has 1 aromatic rings. The molecule has 3 nitrogen and oxygen atoms in total. The molecule has 1 aliphatic carbocycles. The minimum absolute atomic E-state index is 0.431. The second-order valence-corrected chi connectivity index (χ2v) is 7.58. The van der Waals surface area contributed by atoms with Crippen molar-refractivity contribution in [1.82, 2.24) is 0 Å². The number of hydrogen-bond acceptors (Lipinski definition) is 3. The Balaban J connectivity index is 2.21. The van der Waals surface area contributed by atoms with Crippen LogP contribution in [0.3, 0.4) is 0 Å². The third-order valence-electron chi connectivity index (χ3n) is 5.35. The summed E-state index contributed by atoms with van der Waals surface area (Å²) in [5.74, 6) is 0. The molecular weight excluding hydrogens is 262 g/mol. The number of hydrogen-bond donors (Lipinski definition) is 1. The molecule has 21 heavy (non-hydrogen) atoms. The number of nitrogens with zero attached hydrogens (tertiary/aromatic N) is 1. The summed E-state index contributed by atoms with van der Waals surface area (Å²) in [5.41, 5.74) is -1.12. The molecule has 3 rings (SSSR count). The Morgan fingerprint density at radius 2 is 1.86 bits per heavy atom. The summed E-state index contributed by atoms with van der Waals surface area (Å²) in [7, 11) is 0. The van der Waals surface area contributed by atoms with Crippen molar-refractivity contribution in [1.29, 1.82) is 5.26 Å². The lowest BCUT2D eigenvalue weighted by Gasteiger charge is -2.45. The lowest BCUT2D eigenvalue weighted by atomic mass is 9.61. The SMILES string of the molecule is CC1(C)CC(O)(C2(C#N)CCc3ccccc32)C(C)(C)O1. The van der Waals surface area contributed by atoms with Crippen LogP contribution < -0.4 is 0 Å². The Kier molecular flexibility index (Phi) is 2.84. The maximum absolute atomic E-state index is 11.6. The highest BCUT2D eigenvalue weighted by molar-refractivity contribution is 5.49. The zero-order chi connectivity index (χ0) is 15.5. The first-order valence-electron chi connectivity index (χ1n) is 7.60. The van der Waals surface area contributed by atoms with Crippen LogP contribution in [0.1, 0.15) is 51.7 Å². The van der Waals surface area contributed by atoms with Gasteiger partial charge < -0.3 is 9.84 Å². The monoisotopic (exact) mass is 285 g/mol. The third kappa shape index (κ3) is 1.73. The molecule has 2 aliphatic rings. The predicted octanol–water partition coefficient (Wildman–Crippen LogP) is 3.10. The van der Waals surface area contributed by atoms with Crippen molar-refractivity contribution < 1.29 is 9.84 Å². The summed E-state index contributed by atoms with van der Waals surface area (Å²) in [5, 5.41) is 21.6. The number of ether oxygens (including phenoxy) is 1. The highest BCUT2D eigenvalue weighted by atomic mass is 16.5. The van der Waals surface area contributed by atoms with Gasteiger partial charge in [-0.15, -0.1) is 0 Å². The minimum atomic E-state index is -1.19. The summed E-state index contributed by atoms with van der Waals surface area (Å²) in [6, 6.07) is 10.5. The Labute approximate surface area is 126 Å². The van der Waals surface area contributed by atoms with Crippen molar-refractivity contribution in [2.45, 2.75) is 69.2 Å². The number of rotatable bonds is 1. The van der Waals surface area contributed by atoms with Gasteiger partial charge in [-0.2, -0.15) is 5.26 Å². The van der Waals surface area contributed by atoms with Gasteiger partial charge in [0, 0.05) is 6.42 Å². The van der Waals surface area contributed by atoms with Crippen molar-refractivity contribution in [2.24, 2.45) is 0 Å². The topological polar surface area (TPSA) is 53.2 Å². The fraction of sp³-hybridized carbons (Fsp3) is 0.611. The average molecular weight is 285 g/mol. The van der Waals surface area contributed by atoms with Gasteiger partial charge in [0.1, 0.15) is 11.0 Å². The van der Waals surface area contributed by atoms with Gasteiger partial charge in [-0.1, -0.05) is 24.3 Å².